The normalized spacial score (nSPS) is 12.0. The molecule has 0 fully saturated rings. The van der Waals surface area contributed by atoms with Gasteiger partial charge in [-0.05, 0) is 31.2 Å². The van der Waals surface area contributed by atoms with Crippen LogP contribution < -0.4 is 20.3 Å². The predicted octanol–water partition coefficient (Wildman–Crippen LogP) is 1.01. The summed E-state index contributed by atoms with van der Waals surface area (Å²) in [6, 6.07) is 4.69. The molecule has 0 spiro atoms. The number of anilines is 3. The van der Waals surface area contributed by atoms with E-state index in [1.165, 1.54) is 17.5 Å². The van der Waals surface area contributed by atoms with Crippen LogP contribution in [0.25, 0.3) is 9.88 Å². The molecule has 31 heavy (non-hydrogen) atoms. The minimum atomic E-state index is -4.37. The van der Waals surface area contributed by atoms with Crippen LogP contribution in [0.1, 0.15) is 17.4 Å². The standard InChI is InChI=1S/C15H16N6O6S4/c1-2-27-14(22)10-7-28-13(19-10)11-12(16)20-15(29-11)21(31(18,25)26)8-3-5-9(6-4-8)30(17,23)24/h3-7H,2,16H2,1H3,(H2,17,23,24)(H2,18,25,26). The van der Waals surface area contributed by atoms with Crippen LogP contribution in [0.5, 0.6) is 0 Å². The third-order valence-corrected chi connectivity index (χ3v) is 7.64. The van der Waals surface area contributed by atoms with Crippen molar-refractivity contribution in [1.29, 1.82) is 0 Å². The molecule has 0 radical (unpaired) electrons. The third kappa shape index (κ3) is 5.00. The number of nitrogens with two attached hydrogens (primary N) is 3. The Hall–Kier alpha value is -2.63. The summed E-state index contributed by atoms with van der Waals surface area (Å²) in [6.45, 7) is 1.85. The molecule has 3 aromatic rings. The van der Waals surface area contributed by atoms with E-state index in [1.807, 2.05) is 0 Å². The lowest BCUT2D eigenvalue weighted by Gasteiger charge is -2.18. The molecule has 0 saturated carbocycles. The first kappa shape index (κ1) is 23.0. The van der Waals surface area contributed by atoms with Crippen LogP contribution in [0.3, 0.4) is 0 Å². The van der Waals surface area contributed by atoms with Crippen LogP contribution in [-0.4, -0.2) is 39.4 Å². The maximum absolute atomic E-state index is 12.2. The van der Waals surface area contributed by atoms with Crippen molar-refractivity contribution >= 4 is 65.5 Å². The van der Waals surface area contributed by atoms with Gasteiger partial charge < -0.3 is 10.5 Å². The number of thiazole rings is 2. The maximum Gasteiger partial charge on any atom is 0.357 e. The zero-order valence-corrected chi connectivity index (χ0v) is 19.0. The third-order valence-electron chi connectivity index (χ3n) is 3.65. The number of rotatable bonds is 7. The van der Waals surface area contributed by atoms with Gasteiger partial charge in [0, 0.05) is 5.38 Å². The Bertz CT molecular complexity index is 1330. The molecule has 0 saturated heterocycles. The number of primary sulfonamides is 1. The fourth-order valence-corrected chi connectivity index (χ4v) is 5.79. The number of hydrogen-bond acceptors (Lipinski definition) is 11. The van der Waals surface area contributed by atoms with Gasteiger partial charge in [-0.2, -0.15) is 12.7 Å². The Morgan fingerprint density at radius 1 is 1.13 bits per heavy atom. The second kappa shape index (κ2) is 8.48. The average molecular weight is 505 g/mol. The molecular weight excluding hydrogens is 488 g/mol. The number of sulfonamides is 1. The summed E-state index contributed by atoms with van der Waals surface area (Å²) >= 11 is 1.98. The van der Waals surface area contributed by atoms with E-state index in [2.05, 4.69) is 9.97 Å². The first-order valence-electron chi connectivity index (χ1n) is 8.27. The van der Waals surface area contributed by atoms with E-state index < -0.39 is 26.2 Å². The first-order valence-corrected chi connectivity index (χ1v) is 13.0. The van der Waals surface area contributed by atoms with Crippen molar-refractivity contribution in [1.82, 2.24) is 9.97 Å². The quantitative estimate of drug-likeness (QED) is 0.392. The van der Waals surface area contributed by atoms with Gasteiger partial charge in [-0.1, -0.05) is 11.3 Å². The SMILES string of the molecule is CCOC(=O)c1csc(-c2sc(N(c3ccc(S(N)(=O)=O)cc3)S(N)(=O)=O)nc2N)n1. The van der Waals surface area contributed by atoms with Gasteiger partial charge in [-0.15, -0.1) is 11.3 Å². The number of esters is 1. The summed E-state index contributed by atoms with van der Waals surface area (Å²) in [6.07, 6.45) is 0. The van der Waals surface area contributed by atoms with Gasteiger partial charge in [0.25, 0.3) is 0 Å². The molecular formula is C15H16N6O6S4. The van der Waals surface area contributed by atoms with Crippen LogP contribution in [0, 0.1) is 0 Å². The number of aromatic nitrogens is 2. The molecule has 12 nitrogen and oxygen atoms in total. The summed E-state index contributed by atoms with van der Waals surface area (Å²) in [7, 11) is -8.34. The second-order valence-electron chi connectivity index (χ2n) is 5.82. The van der Waals surface area contributed by atoms with E-state index in [0.717, 1.165) is 34.8 Å². The Morgan fingerprint density at radius 3 is 2.32 bits per heavy atom. The van der Waals surface area contributed by atoms with Crippen molar-refractivity contribution in [3.63, 3.8) is 0 Å². The molecule has 0 unspecified atom stereocenters. The molecule has 0 amide bonds. The highest BCUT2D eigenvalue weighted by Gasteiger charge is 2.27. The van der Waals surface area contributed by atoms with Gasteiger partial charge in [0.2, 0.25) is 15.2 Å². The Morgan fingerprint density at radius 2 is 1.77 bits per heavy atom. The number of carbonyl (C=O) groups excluding carboxylic acids is 1. The molecule has 166 valence electrons. The smallest absolute Gasteiger partial charge is 0.357 e. The molecule has 0 aliphatic carbocycles. The number of nitrogen functional groups attached to an aromatic ring is 1. The van der Waals surface area contributed by atoms with Gasteiger partial charge in [-0.25, -0.2) is 33.5 Å². The van der Waals surface area contributed by atoms with Crippen LogP contribution >= 0.6 is 22.7 Å². The minimum absolute atomic E-state index is 0.0153. The van der Waals surface area contributed by atoms with Gasteiger partial charge in [0.05, 0.1) is 17.2 Å². The molecule has 0 bridgehead atoms. The number of nitrogens with zero attached hydrogens (tertiary/aromatic N) is 3. The maximum atomic E-state index is 12.2. The lowest BCUT2D eigenvalue weighted by atomic mass is 10.3. The monoisotopic (exact) mass is 504 g/mol. The molecule has 0 aliphatic heterocycles. The molecule has 1 aromatic carbocycles. The van der Waals surface area contributed by atoms with E-state index in [9.17, 15) is 21.6 Å². The van der Waals surface area contributed by atoms with E-state index in [1.54, 1.807) is 6.92 Å². The summed E-state index contributed by atoms with van der Waals surface area (Å²) < 4.78 is 53.0. The number of benzene rings is 1. The molecule has 0 atom stereocenters. The highest BCUT2D eigenvalue weighted by molar-refractivity contribution is 7.91. The number of hydrogen-bond donors (Lipinski definition) is 3. The Labute approximate surface area is 185 Å². The van der Waals surface area contributed by atoms with Gasteiger partial charge in [0.1, 0.15) is 15.7 Å². The second-order valence-corrected chi connectivity index (χ2v) is 10.6. The van der Waals surface area contributed by atoms with E-state index in [0.29, 0.717) is 14.2 Å². The fourth-order valence-electron chi connectivity index (χ4n) is 2.37. The van der Waals surface area contributed by atoms with Crippen molar-refractivity contribution in [2.24, 2.45) is 10.3 Å². The highest BCUT2D eigenvalue weighted by Crippen LogP contribution is 2.41. The summed E-state index contributed by atoms with van der Waals surface area (Å²) in [5.41, 5.74) is 6.05. The van der Waals surface area contributed by atoms with Crippen LogP contribution in [0.4, 0.5) is 16.6 Å². The van der Waals surface area contributed by atoms with Crippen LogP contribution in [-0.2, 0) is 25.0 Å². The van der Waals surface area contributed by atoms with Gasteiger partial charge in [0.15, 0.2) is 5.69 Å². The number of carbonyl (C=O) groups is 1. The van der Waals surface area contributed by atoms with Crippen molar-refractivity contribution in [2.45, 2.75) is 11.8 Å². The Kier molecular flexibility index (Phi) is 6.30. The molecule has 2 aromatic heterocycles. The highest BCUT2D eigenvalue weighted by atomic mass is 32.2. The van der Waals surface area contributed by atoms with Crippen LogP contribution in [0.2, 0.25) is 0 Å². The van der Waals surface area contributed by atoms with E-state index in [-0.39, 0.29) is 33.8 Å². The fraction of sp³-hybridized carbons (Fsp3) is 0.133. The van der Waals surface area contributed by atoms with Crippen molar-refractivity contribution in [2.75, 3.05) is 16.6 Å². The van der Waals surface area contributed by atoms with E-state index in [4.69, 9.17) is 20.7 Å². The number of ether oxygens (including phenoxy) is 1. The summed E-state index contributed by atoms with van der Waals surface area (Å²) in [4.78, 5) is 20.2. The Balaban J connectivity index is 2.03. The molecule has 16 heteroatoms. The minimum Gasteiger partial charge on any atom is -0.461 e. The van der Waals surface area contributed by atoms with Crippen LogP contribution in [0.15, 0.2) is 34.5 Å². The topological polar surface area (TPSA) is 202 Å². The predicted molar refractivity (Wildman–Crippen MR) is 117 cm³/mol. The van der Waals surface area contributed by atoms with Crippen molar-refractivity contribution < 1.29 is 26.4 Å². The lowest BCUT2D eigenvalue weighted by molar-refractivity contribution is 0.0520. The van der Waals surface area contributed by atoms with E-state index >= 15 is 0 Å². The summed E-state index contributed by atoms with van der Waals surface area (Å²) in [5, 5.41) is 12.1. The zero-order valence-electron chi connectivity index (χ0n) is 15.8. The summed E-state index contributed by atoms with van der Waals surface area (Å²) in [5.74, 6) is -0.631. The molecule has 3 rings (SSSR count). The first-order chi connectivity index (χ1) is 14.4. The molecule has 0 aliphatic rings. The lowest BCUT2D eigenvalue weighted by Crippen LogP contribution is -2.32. The average Bonchev–Trinajstić information content (AvgIpc) is 3.27. The largest absolute Gasteiger partial charge is 0.461 e. The molecule has 6 N–H and O–H groups in total. The van der Waals surface area contributed by atoms with Crippen molar-refractivity contribution in [3.05, 3.63) is 35.3 Å². The van der Waals surface area contributed by atoms with Gasteiger partial charge >= 0.3 is 16.2 Å². The zero-order chi connectivity index (χ0) is 23.0. The van der Waals surface area contributed by atoms with Crippen molar-refractivity contribution in [3.8, 4) is 9.88 Å². The van der Waals surface area contributed by atoms with Gasteiger partial charge in [-0.3, -0.25) is 0 Å². The molecule has 2 heterocycles.